The molecule has 0 heterocycles. The van der Waals surface area contributed by atoms with Crippen molar-refractivity contribution in [1.29, 1.82) is 0 Å². The van der Waals surface area contributed by atoms with Gasteiger partial charge in [-0.05, 0) is 44.0 Å². The number of hydrogen-bond acceptors (Lipinski definition) is 4. The molecule has 1 aromatic rings. The van der Waals surface area contributed by atoms with E-state index < -0.39 is 10.0 Å². The number of likely N-dealkylation sites (N-methyl/N-ethyl adjacent to an activating group) is 1. The smallest absolute Gasteiger partial charge is 0.243 e. The van der Waals surface area contributed by atoms with Crippen LogP contribution in [0.3, 0.4) is 0 Å². The summed E-state index contributed by atoms with van der Waals surface area (Å²) in [7, 11) is -3.71. The van der Waals surface area contributed by atoms with Crippen LogP contribution >= 0.6 is 0 Å². The van der Waals surface area contributed by atoms with Gasteiger partial charge in [0.25, 0.3) is 0 Å². The van der Waals surface area contributed by atoms with Crippen LogP contribution in [0, 0.1) is 6.92 Å². The largest absolute Gasteiger partial charge is 0.494 e. The summed E-state index contributed by atoms with van der Waals surface area (Å²) in [4.78, 5) is 12.1. The van der Waals surface area contributed by atoms with Gasteiger partial charge >= 0.3 is 0 Å². The number of carbonyl (C=O) groups is 1. The highest BCUT2D eigenvalue weighted by molar-refractivity contribution is 7.89. The van der Waals surface area contributed by atoms with Crippen LogP contribution in [-0.2, 0) is 14.8 Å². The first-order valence-corrected chi connectivity index (χ1v) is 9.81. The van der Waals surface area contributed by atoms with Crippen LogP contribution in [-0.4, -0.2) is 44.9 Å². The van der Waals surface area contributed by atoms with Gasteiger partial charge in [-0.2, -0.15) is 4.31 Å². The molecule has 136 valence electrons. The summed E-state index contributed by atoms with van der Waals surface area (Å²) in [5, 5.41) is 2.74. The molecule has 0 unspecified atom stereocenters. The van der Waals surface area contributed by atoms with Crippen molar-refractivity contribution in [2.45, 2.75) is 45.4 Å². The summed E-state index contributed by atoms with van der Waals surface area (Å²) in [5.74, 6) is 0.383. The van der Waals surface area contributed by atoms with Crippen LogP contribution in [0.2, 0.25) is 0 Å². The van der Waals surface area contributed by atoms with Crippen LogP contribution < -0.4 is 10.1 Å². The fraction of sp³-hybridized carbons (Fsp3) is 0.588. The first-order chi connectivity index (χ1) is 11.4. The SMILES string of the molecule is CCCCNC(=O)CN(CC)S(=O)(=O)c1ccc(OCC)c(C)c1. The Morgan fingerprint density at radius 1 is 1.25 bits per heavy atom. The van der Waals surface area contributed by atoms with Crippen LogP contribution in [0.15, 0.2) is 23.1 Å². The molecule has 1 amide bonds. The number of ether oxygens (including phenoxy) is 1. The average Bonchev–Trinajstić information content (AvgIpc) is 2.54. The second kappa shape index (κ2) is 9.64. The zero-order valence-electron chi connectivity index (χ0n) is 15.0. The Hall–Kier alpha value is -1.60. The highest BCUT2D eigenvalue weighted by atomic mass is 32.2. The van der Waals surface area contributed by atoms with Gasteiger partial charge in [0.05, 0.1) is 18.0 Å². The molecule has 0 saturated carbocycles. The maximum atomic E-state index is 12.8. The van der Waals surface area contributed by atoms with E-state index in [0.29, 0.717) is 18.9 Å². The van der Waals surface area contributed by atoms with Crippen molar-refractivity contribution in [2.24, 2.45) is 0 Å². The third kappa shape index (κ3) is 5.49. The molecule has 0 bridgehead atoms. The van der Waals surface area contributed by atoms with Crippen LogP contribution in [0.4, 0.5) is 0 Å². The molecular formula is C17H28N2O4S. The molecule has 1 aromatic carbocycles. The van der Waals surface area contributed by atoms with E-state index in [2.05, 4.69) is 5.32 Å². The number of benzene rings is 1. The second-order valence-electron chi connectivity index (χ2n) is 5.50. The molecular weight excluding hydrogens is 328 g/mol. The van der Waals surface area contributed by atoms with Crippen molar-refractivity contribution in [3.8, 4) is 5.75 Å². The van der Waals surface area contributed by atoms with E-state index >= 15 is 0 Å². The Labute approximate surface area is 145 Å². The Kier molecular flexibility index (Phi) is 8.21. The monoisotopic (exact) mass is 356 g/mol. The van der Waals surface area contributed by atoms with Crippen molar-refractivity contribution >= 4 is 15.9 Å². The molecule has 0 fully saturated rings. The van der Waals surface area contributed by atoms with Crippen LogP contribution in [0.5, 0.6) is 5.75 Å². The van der Waals surface area contributed by atoms with Crippen LogP contribution in [0.25, 0.3) is 0 Å². The van der Waals surface area contributed by atoms with Gasteiger partial charge in [-0.25, -0.2) is 8.42 Å². The number of hydrogen-bond donors (Lipinski definition) is 1. The molecule has 24 heavy (non-hydrogen) atoms. The molecule has 0 aliphatic carbocycles. The number of amides is 1. The number of rotatable bonds is 10. The maximum Gasteiger partial charge on any atom is 0.243 e. The van der Waals surface area contributed by atoms with Gasteiger partial charge in [0.2, 0.25) is 15.9 Å². The van der Waals surface area contributed by atoms with E-state index in [1.165, 1.54) is 10.4 Å². The zero-order valence-corrected chi connectivity index (χ0v) is 15.8. The number of aryl methyl sites for hydroxylation is 1. The fourth-order valence-corrected chi connectivity index (χ4v) is 3.73. The van der Waals surface area contributed by atoms with Gasteiger partial charge in [0, 0.05) is 13.1 Å². The molecule has 6 nitrogen and oxygen atoms in total. The molecule has 0 aliphatic heterocycles. The Balaban J connectivity index is 2.91. The number of unbranched alkanes of at least 4 members (excludes halogenated alkanes) is 1. The van der Waals surface area contributed by atoms with Gasteiger partial charge in [0.1, 0.15) is 5.75 Å². The molecule has 0 spiro atoms. The molecule has 1 rings (SSSR count). The molecule has 0 atom stereocenters. The van der Waals surface area contributed by atoms with E-state index in [4.69, 9.17) is 4.74 Å². The first-order valence-electron chi connectivity index (χ1n) is 8.37. The minimum Gasteiger partial charge on any atom is -0.494 e. The first kappa shape index (κ1) is 20.4. The lowest BCUT2D eigenvalue weighted by Gasteiger charge is -2.20. The van der Waals surface area contributed by atoms with E-state index in [-0.39, 0.29) is 23.9 Å². The summed E-state index contributed by atoms with van der Waals surface area (Å²) in [6.07, 6.45) is 1.85. The van der Waals surface area contributed by atoms with Gasteiger partial charge in [0.15, 0.2) is 0 Å². The van der Waals surface area contributed by atoms with E-state index in [0.717, 1.165) is 18.4 Å². The van der Waals surface area contributed by atoms with Crippen molar-refractivity contribution in [2.75, 3.05) is 26.2 Å². The highest BCUT2D eigenvalue weighted by Crippen LogP contribution is 2.24. The normalized spacial score (nSPS) is 11.5. The van der Waals surface area contributed by atoms with E-state index in [9.17, 15) is 13.2 Å². The maximum absolute atomic E-state index is 12.8. The number of carbonyl (C=O) groups excluding carboxylic acids is 1. The minimum absolute atomic E-state index is 0.172. The number of nitrogens with one attached hydrogen (secondary N) is 1. The number of sulfonamides is 1. The highest BCUT2D eigenvalue weighted by Gasteiger charge is 2.25. The summed E-state index contributed by atoms with van der Waals surface area (Å²) in [5.41, 5.74) is 0.751. The molecule has 0 aromatic heterocycles. The van der Waals surface area contributed by atoms with Crippen molar-refractivity contribution < 1.29 is 17.9 Å². The molecule has 0 radical (unpaired) electrons. The van der Waals surface area contributed by atoms with Gasteiger partial charge < -0.3 is 10.1 Å². The fourth-order valence-electron chi connectivity index (χ4n) is 2.24. The van der Waals surface area contributed by atoms with E-state index in [1.54, 1.807) is 26.0 Å². The quantitative estimate of drug-likeness (QED) is 0.653. The third-order valence-corrected chi connectivity index (χ3v) is 5.53. The van der Waals surface area contributed by atoms with E-state index in [1.807, 2.05) is 13.8 Å². The van der Waals surface area contributed by atoms with Gasteiger partial charge in [-0.3, -0.25) is 4.79 Å². The molecule has 0 saturated heterocycles. The standard InChI is InChI=1S/C17H28N2O4S/c1-5-8-11-18-17(20)13-19(6-2)24(21,22)15-9-10-16(23-7-3)14(4)12-15/h9-10,12H,5-8,11,13H2,1-4H3,(H,18,20). The number of nitrogens with zero attached hydrogens (tertiary/aromatic N) is 1. The molecule has 7 heteroatoms. The van der Waals surface area contributed by atoms with Crippen LogP contribution in [0.1, 0.15) is 39.2 Å². The van der Waals surface area contributed by atoms with Crippen molar-refractivity contribution in [3.05, 3.63) is 23.8 Å². The third-order valence-electron chi connectivity index (χ3n) is 3.61. The predicted octanol–water partition coefficient (Wildman–Crippen LogP) is 2.32. The Bertz CT molecular complexity index is 644. The molecule has 1 N–H and O–H groups in total. The lowest BCUT2D eigenvalue weighted by atomic mass is 10.2. The Morgan fingerprint density at radius 2 is 1.96 bits per heavy atom. The minimum atomic E-state index is -3.71. The lowest BCUT2D eigenvalue weighted by molar-refractivity contribution is -0.121. The van der Waals surface area contributed by atoms with Crippen molar-refractivity contribution in [1.82, 2.24) is 9.62 Å². The van der Waals surface area contributed by atoms with Gasteiger partial charge in [-0.1, -0.05) is 20.3 Å². The predicted molar refractivity (Wildman–Crippen MR) is 94.7 cm³/mol. The summed E-state index contributed by atoms with van der Waals surface area (Å²) in [6.45, 7) is 8.57. The molecule has 0 aliphatic rings. The lowest BCUT2D eigenvalue weighted by Crippen LogP contribution is -2.40. The summed E-state index contributed by atoms with van der Waals surface area (Å²) >= 11 is 0. The topological polar surface area (TPSA) is 75.7 Å². The zero-order chi connectivity index (χ0) is 18.2. The van der Waals surface area contributed by atoms with Gasteiger partial charge in [-0.15, -0.1) is 0 Å². The second-order valence-corrected chi connectivity index (χ2v) is 7.43. The Morgan fingerprint density at radius 3 is 2.50 bits per heavy atom. The summed E-state index contributed by atoms with van der Waals surface area (Å²) in [6, 6.07) is 4.75. The average molecular weight is 356 g/mol. The summed E-state index contributed by atoms with van der Waals surface area (Å²) < 4.78 is 32.1. The van der Waals surface area contributed by atoms with Crippen molar-refractivity contribution in [3.63, 3.8) is 0 Å².